The molecule has 0 aliphatic rings. The minimum atomic E-state index is -4.37. The molecule has 0 fully saturated rings. The number of alkyl halides is 3. The maximum absolute atomic E-state index is 14.1. The van der Waals surface area contributed by atoms with E-state index in [1.807, 2.05) is 4.72 Å². The molecular weight excluding hydrogens is 522 g/mol. The number of halogens is 4. The second kappa shape index (κ2) is 11.1. The van der Waals surface area contributed by atoms with E-state index in [-0.39, 0.29) is 11.4 Å². The summed E-state index contributed by atoms with van der Waals surface area (Å²) in [5, 5.41) is 14.5. The van der Waals surface area contributed by atoms with Gasteiger partial charge in [-0.2, -0.15) is 13.2 Å². The molecule has 2 amide bonds. The SMILES string of the molecule is CS(=O)(=O)Nc1cc(NC(=O)Nc2ccc(CCSc3ccc(C(F)(F)F)cc3)cc2)c(F)cc1O. The Bertz CT molecular complexity index is 1330. The van der Waals surface area contributed by atoms with Gasteiger partial charge in [-0.25, -0.2) is 17.6 Å². The molecule has 0 spiro atoms. The van der Waals surface area contributed by atoms with Crippen LogP contribution in [0.25, 0.3) is 0 Å². The van der Waals surface area contributed by atoms with Crippen LogP contribution in [-0.2, 0) is 22.6 Å². The molecule has 4 N–H and O–H groups in total. The minimum absolute atomic E-state index is 0.298. The Morgan fingerprint density at radius 3 is 2.19 bits per heavy atom. The van der Waals surface area contributed by atoms with Crippen molar-refractivity contribution < 1.29 is 35.9 Å². The summed E-state index contributed by atoms with van der Waals surface area (Å²) in [6.45, 7) is 0. The third kappa shape index (κ3) is 8.05. The van der Waals surface area contributed by atoms with Gasteiger partial charge >= 0.3 is 12.2 Å². The highest BCUT2D eigenvalue weighted by atomic mass is 32.2. The molecule has 0 aliphatic heterocycles. The fourth-order valence-electron chi connectivity index (χ4n) is 3.01. The Kier molecular flexibility index (Phi) is 8.35. The zero-order valence-electron chi connectivity index (χ0n) is 18.7. The average Bonchev–Trinajstić information content (AvgIpc) is 2.77. The van der Waals surface area contributed by atoms with Gasteiger partial charge in [-0.05, 0) is 54.4 Å². The first-order valence-corrected chi connectivity index (χ1v) is 13.2. The number of carbonyl (C=O) groups is 1. The lowest BCUT2D eigenvalue weighted by atomic mass is 10.1. The van der Waals surface area contributed by atoms with E-state index in [1.54, 1.807) is 24.3 Å². The van der Waals surface area contributed by atoms with Crippen molar-refractivity contribution >= 4 is 44.9 Å². The van der Waals surface area contributed by atoms with Crippen LogP contribution in [-0.4, -0.2) is 31.6 Å². The molecule has 7 nitrogen and oxygen atoms in total. The number of phenolic OH excluding ortho intramolecular Hbond substituents is 1. The van der Waals surface area contributed by atoms with Gasteiger partial charge in [0, 0.05) is 22.4 Å². The van der Waals surface area contributed by atoms with Crippen LogP contribution in [0.4, 0.5) is 39.4 Å². The molecule has 13 heteroatoms. The highest BCUT2D eigenvalue weighted by molar-refractivity contribution is 7.99. The van der Waals surface area contributed by atoms with Crippen LogP contribution < -0.4 is 15.4 Å². The number of phenols is 1. The standard InChI is InChI=1S/C23H21F4N3O4S2/c1-36(33,34)30-20-13-19(18(24)12-21(20)31)29-22(32)28-16-6-2-14(3-7-16)10-11-35-17-8-4-15(5-9-17)23(25,26)27/h2-9,12-13,30-31H,10-11H2,1H3,(H2,28,29,32). The number of benzene rings is 3. The monoisotopic (exact) mass is 543 g/mol. The van der Waals surface area contributed by atoms with Crippen LogP contribution in [0, 0.1) is 5.82 Å². The number of aromatic hydroxyl groups is 1. The van der Waals surface area contributed by atoms with Crippen LogP contribution in [0.3, 0.4) is 0 Å². The molecule has 0 radical (unpaired) electrons. The van der Waals surface area contributed by atoms with E-state index in [0.717, 1.165) is 30.0 Å². The highest BCUT2D eigenvalue weighted by Gasteiger charge is 2.29. The average molecular weight is 544 g/mol. The number of nitrogens with one attached hydrogen (secondary N) is 3. The molecule has 0 bridgehead atoms. The summed E-state index contributed by atoms with van der Waals surface area (Å²) >= 11 is 1.41. The first kappa shape index (κ1) is 27.1. The predicted octanol–water partition coefficient (Wildman–Crippen LogP) is 5.90. The number of hydrogen-bond donors (Lipinski definition) is 4. The first-order valence-electron chi connectivity index (χ1n) is 10.3. The quantitative estimate of drug-likeness (QED) is 0.123. The third-order valence-electron chi connectivity index (χ3n) is 4.68. The Hall–Kier alpha value is -3.45. The molecule has 192 valence electrons. The fourth-order valence-corrected chi connectivity index (χ4v) is 4.47. The molecular formula is C23H21F4N3O4S2. The van der Waals surface area contributed by atoms with Crippen molar-refractivity contribution in [2.24, 2.45) is 0 Å². The van der Waals surface area contributed by atoms with Crippen LogP contribution in [0.15, 0.2) is 65.6 Å². The van der Waals surface area contributed by atoms with Crippen molar-refractivity contribution in [2.75, 3.05) is 27.4 Å². The van der Waals surface area contributed by atoms with Gasteiger partial charge in [0.15, 0.2) is 5.82 Å². The van der Waals surface area contributed by atoms with Crippen molar-refractivity contribution in [1.82, 2.24) is 0 Å². The third-order valence-corrected chi connectivity index (χ3v) is 6.29. The fraction of sp³-hybridized carbons (Fsp3) is 0.174. The highest BCUT2D eigenvalue weighted by Crippen LogP contribution is 2.32. The summed E-state index contributed by atoms with van der Waals surface area (Å²) in [6, 6.07) is 12.5. The Balaban J connectivity index is 1.53. The molecule has 0 aromatic heterocycles. The largest absolute Gasteiger partial charge is 0.506 e. The number of urea groups is 1. The normalized spacial score (nSPS) is 11.7. The summed E-state index contributed by atoms with van der Waals surface area (Å²) in [5.41, 5.74) is -0.0130. The zero-order chi connectivity index (χ0) is 26.5. The molecule has 3 aromatic carbocycles. The number of amides is 2. The topological polar surface area (TPSA) is 108 Å². The number of aryl methyl sites for hydroxylation is 1. The van der Waals surface area contributed by atoms with E-state index in [1.165, 1.54) is 23.9 Å². The molecule has 0 heterocycles. The van der Waals surface area contributed by atoms with Gasteiger partial charge in [0.1, 0.15) is 5.75 Å². The Morgan fingerprint density at radius 1 is 0.972 bits per heavy atom. The lowest BCUT2D eigenvalue weighted by molar-refractivity contribution is -0.137. The van der Waals surface area contributed by atoms with Crippen molar-refractivity contribution in [3.05, 3.63) is 77.6 Å². The van der Waals surface area contributed by atoms with E-state index in [2.05, 4.69) is 10.6 Å². The summed E-state index contributed by atoms with van der Waals surface area (Å²) in [4.78, 5) is 13.0. The van der Waals surface area contributed by atoms with E-state index in [0.29, 0.717) is 28.8 Å². The van der Waals surface area contributed by atoms with Crippen molar-refractivity contribution in [2.45, 2.75) is 17.5 Å². The maximum Gasteiger partial charge on any atom is 0.416 e. The van der Waals surface area contributed by atoms with Gasteiger partial charge in [-0.15, -0.1) is 11.8 Å². The minimum Gasteiger partial charge on any atom is -0.506 e. The number of carbonyl (C=O) groups excluding carboxylic acids is 1. The Morgan fingerprint density at radius 2 is 1.61 bits per heavy atom. The molecule has 0 aliphatic carbocycles. The maximum atomic E-state index is 14.1. The van der Waals surface area contributed by atoms with E-state index >= 15 is 0 Å². The van der Waals surface area contributed by atoms with Crippen LogP contribution >= 0.6 is 11.8 Å². The lowest BCUT2D eigenvalue weighted by Gasteiger charge is -2.12. The zero-order valence-corrected chi connectivity index (χ0v) is 20.3. The van der Waals surface area contributed by atoms with Gasteiger partial charge in [0.05, 0.1) is 23.2 Å². The summed E-state index contributed by atoms with van der Waals surface area (Å²) in [5.74, 6) is -0.985. The van der Waals surface area contributed by atoms with Crippen molar-refractivity contribution in [1.29, 1.82) is 0 Å². The molecule has 0 saturated carbocycles. The number of thioether (sulfide) groups is 1. The molecule has 0 atom stereocenters. The van der Waals surface area contributed by atoms with Crippen LogP contribution in [0.1, 0.15) is 11.1 Å². The van der Waals surface area contributed by atoms with Gasteiger partial charge < -0.3 is 15.7 Å². The second-order valence-electron chi connectivity index (χ2n) is 7.62. The van der Waals surface area contributed by atoms with Crippen molar-refractivity contribution in [3.8, 4) is 5.75 Å². The summed E-state index contributed by atoms with van der Waals surface area (Å²) in [6.07, 6.45) is -2.88. The van der Waals surface area contributed by atoms with E-state index < -0.39 is 39.4 Å². The van der Waals surface area contributed by atoms with E-state index in [9.17, 15) is 35.9 Å². The lowest BCUT2D eigenvalue weighted by Crippen LogP contribution is -2.20. The van der Waals surface area contributed by atoms with E-state index in [4.69, 9.17) is 0 Å². The molecule has 3 aromatic rings. The van der Waals surface area contributed by atoms with Gasteiger partial charge in [-0.3, -0.25) is 4.72 Å². The predicted molar refractivity (Wildman–Crippen MR) is 131 cm³/mol. The van der Waals surface area contributed by atoms with Gasteiger partial charge in [0.25, 0.3) is 0 Å². The van der Waals surface area contributed by atoms with Crippen LogP contribution in [0.2, 0.25) is 0 Å². The molecule has 3 rings (SSSR count). The Labute approximate surface area is 209 Å². The van der Waals surface area contributed by atoms with Crippen LogP contribution in [0.5, 0.6) is 5.75 Å². The van der Waals surface area contributed by atoms with Gasteiger partial charge in [-0.1, -0.05) is 12.1 Å². The number of sulfonamides is 1. The first-order chi connectivity index (χ1) is 16.8. The number of rotatable bonds is 8. The molecule has 36 heavy (non-hydrogen) atoms. The van der Waals surface area contributed by atoms with Crippen molar-refractivity contribution in [3.63, 3.8) is 0 Å². The summed E-state index contributed by atoms with van der Waals surface area (Å²) < 4.78 is 76.7. The molecule has 0 saturated heterocycles. The molecule has 0 unspecified atom stereocenters. The number of hydrogen-bond acceptors (Lipinski definition) is 5. The second-order valence-corrected chi connectivity index (χ2v) is 10.5. The smallest absolute Gasteiger partial charge is 0.416 e. The number of anilines is 3. The summed E-state index contributed by atoms with van der Waals surface area (Å²) in [7, 11) is -3.74. The van der Waals surface area contributed by atoms with Gasteiger partial charge in [0.2, 0.25) is 10.0 Å².